The lowest BCUT2D eigenvalue weighted by atomic mass is 10.2. The van der Waals surface area contributed by atoms with Crippen LogP contribution in [0.4, 0.5) is 4.39 Å². The van der Waals surface area contributed by atoms with Gasteiger partial charge in [-0.25, -0.2) is 17.5 Å². The first-order chi connectivity index (χ1) is 11.3. The van der Waals surface area contributed by atoms with Crippen molar-refractivity contribution >= 4 is 10.0 Å². The molecule has 0 radical (unpaired) electrons. The van der Waals surface area contributed by atoms with Crippen molar-refractivity contribution < 1.29 is 22.3 Å². The SMILES string of the molecule is COc1ccc(F)cc1S(=O)(=O)NCc1ccc(OC(C)C)cc1. The van der Waals surface area contributed by atoms with E-state index in [1.807, 2.05) is 13.8 Å². The zero-order valence-electron chi connectivity index (χ0n) is 13.7. The molecule has 0 aliphatic heterocycles. The van der Waals surface area contributed by atoms with Gasteiger partial charge in [-0.2, -0.15) is 0 Å². The van der Waals surface area contributed by atoms with Gasteiger partial charge >= 0.3 is 0 Å². The zero-order valence-corrected chi connectivity index (χ0v) is 14.6. The normalized spacial score (nSPS) is 11.5. The predicted octanol–water partition coefficient (Wildman–Crippen LogP) is 3.10. The molecule has 1 N–H and O–H groups in total. The molecule has 0 atom stereocenters. The molecule has 0 aliphatic carbocycles. The van der Waals surface area contributed by atoms with Gasteiger partial charge in [0.05, 0.1) is 13.2 Å². The number of hydrogen-bond donors (Lipinski definition) is 1. The number of nitrogens with one attached hydrogen (secondary N) is 1. The van der Waals surface area contributed by atoms with Gasteiger partial charge in [0.15, 0.2) is 0 Å². The van der Waals surface area contributed by atoms with Crippen LogP contribution in [-0.2, 0) is 16.6 Å². The first-order valence-electron chi connectivity index (χ1n) is 7.40. The summed E-state index contributed by atoms with van der Waals surface area (Å²) in [5, 5.41) is 0. The van der Waals surface area contributed by atoms with Crippen LogP contribution >= 0.6 is 0 Å². The molecule has 130 valence electrons. The van der Waals surface area contributed by atoms with Crippen molar-refractivity contribution in [2.75, 3.05) is 7.11 Å². The topological polar surface area (TPSA) is 64.6 Å². The molecule has 0 saturated heterocycles. The third kappa shape index (κ3) is 4.69. The molecule has 0 saturated carbocycles. The highest BCUT2D eigenvalue weighted by Crippen LogP contribution is 2.24. The average molecular weight is 353 g/mol. The van der Waals surface area contributed by atoms with Gasteiger partial charge in [0.25, 0.3) is 0 Å². The number of benzene rings is 2. The van der Waals surface area contributed by atoms with Crippen molar-refractivity contribution in [3.8, 4) is 11.5 Å². The molecule has 2 rings (SSSR count). The maximum absolute atomic E-state index is 13.4. The monoisotopic (exact) mass is 353 g/mol. The van der Waals surface area contributed by atoms with Gasteiger partial charge in [0.2, 0.25) is 10.0 Å². The van der Waals surface area contributed by atoms with Crippen LogP contribution in [0.25, 0.3) is 0 Å². The molecule has 5 nitrogen and oxygen atoms in total. The van der Waals surface area contributed by atoms with Crippen molar-refractivity contribution in [2.45, 2.75) is 31.4 Å². The van der Waals surface area contributed by atoms with Gasteiger partial charge in [-0.3, -0.25) is 0 Å². The number of halogens is 1. The fourth-order valence-electron chi connectivity index (χ4n) is 2.07. The summed E-state index contributed by atoms with van der Waals surface area (Å²) in [4.78, 5) is -0.232. The smallest absolute Gasteiger partial charge is 0.244 e. The van der Waals surface area contributed by atoms with E-state index < -0.39 is 15.8 Å². The van der Waals surface area contributed by atoms with Crippen LogP contribution in [0.1, 0.15) is 19.4 Å². The maximum atomic E-state index is 13.4. The molecule has 0 bridgehead atoms. The summed E-state index contributed by atoms with van der Waals surface area (Å²) in [6, 6.07) is 10.4. The van der Waals surface area contributed by atoms with Crippen LogP contribution in [0.15, 0.2) is 47.4 Å². The van der Waals surface area contributed by atoms with E-state index in [-0.39, 0.29) is 23.3 Å². The molecule has 0 aromatic heterocycles. The summed E-state index contributed by atoms with van der Waals surface area (Å²) in [5.41, 5.74) is 0.755. The van der Waals surface area contributed by atoms with E-state index in [0.29, 0.717) is 5.75 Å². The lowest BCUT2D eigenvalue weighted by molar-refractivity contribution is 0.242. The van der Waals surface area contributed by atoms with Crippen molar-refractivity contribution in [1.82, 2.24) is 4.72 Å². The van der Waals surface area contributed by atoms with Gasteiger partial charge in [-0.1, -0.05) is 12.1 Å². The Morgan fingerprint density at radius 2 is 1.79 bits per heavy atom. The van der Waals surface area contributed by atoms with E-state index in [1.54, 1.807) is 24.3 Å². The van der Waals surface area contributed by atoms with Crippen LogP contribution in [0.2, 0.25) is 0 Å². The molecule has 0 spiro atoms. The average Bonchev–Trinajstić information content (AvgIpc) is 2.54. The Morgan fingerprint density at radius 1 is 1.12 bits per heavy atom. The molecule has 7 heteroatoms. The lowest BCUT2D eigenvalue weighted by Gasteiger charge is -2.12. The van der Waals surface area contributed by atoms with Crippen LogP contribution in [0, 0.1) is 5.82 Å². The van der Waals surface area contributed by atoms with Gasteiger partial charge in [0, 0.05) is 6.54 Å². The number of ether oxygens (including phenoxy) is 2. The lowest BCUT2D eigenvalue weighted by Crippen LogP contribution is -2.24. The Balaban J connectivity index is 2.12. The molecule has 0 aliphatic rings. The minimum Gasteiger partial charge on any atom is -0.495 e. The van der Waals surface area contributed by atoms with Crippen LogP contribution in [-0.4, -0.2) is 21.6 Å². The molecule has 24 heavy (non-hydrogen) atoms. The second-order valence-electron chi connectivity index (χ2n) is 5.43. The quantitative estimate of drug-likeness (QED) is 0.831. The summed E-state index contributed by atoms with van der Waals surface area (Å²) in [7, 11) is -2.57. The number of rotatable bonds is 7. The fraction of sp³-hybridized carbons (Fsp3) is 0.294. The minimum absolute atomic E-state index is 0.0646. The summed E-state index contributed by atoms with van der Waals surface area (Å²) in [6.07, 6.45) is 0.0646. The molecular weight excluding hydrogens is 333 g/mol. The fourth-order valence-corrected chi connectivity index (χ4v) is 3.27. The van der Waals surface area contributed by atoms with Crippen molar-refractivity contribution in [1.29, 1.82) is 0 Å². The van der Waals surface area contributed by atoms with Crippen LogP contribution < -0.4 is 14.2 Å². The van der Waals surface area contributed by atoms with Gasteiger partial charge < -0.3 is 9.47 Å². The van der Waals surface area contributed by atoms with Gasteiger partial charge in [-0.15, -0.1) is 0 Å². The maximum Gasteiger partial charge on any atom is 0.244 e. The predicted molar refractivity (Wildman–Crippen MR) is 89.2 cm³/mol. The van der Waals surface area contributed by atoms with Crippen molar-refractivity contribution in [3.05, 3.63) is 53.8 Å². The highest BCUT2D eigenvalue weighted by atomic mass is 32.2. The second-order valence-corrected chi connectivity index (χ2v) is 7.17. The first-order valence-corrected chi connectivity index (χ1v) is 8.89. The zero-order chi connectivity index (χ0) is 17.7. The standard InChI is InChI=1S/C17H20FNO4S/c1-12(2)23-15-7-4-13(5-8-15)11-19-24(20,21)17-10-14(18)6-9-16(17)22-3/h4-10,12,19H,11H2,1-3H3. The Labute approximate surface area is 141 Å². The van der Waals surface area contributed by atoms with Gasteiger partial charge in [0.1, 0.15) is 22.2 Å². The van der Waals surface area contributed by atoms with E-state index in [9.17, 15) is 12.8 Å². The second kappa shape index (κ2) is 7.63. The molecule has 2 aromatic carbocycles. The highest BCUT2D eigenvalue weighted by molar-refractivity contribution is 7.89. The largest absolute Gasteiger partial charge is 0.495 e. The third-order valence-corrected chi connectivity index (χ3v) is 4.60. The Morgan fingerprint density at radius 3 is 2.38 bits per heavy atom. The van der Waals surface area contributed by atoms with Gasteiger partial charge in [-0.05, 0) is 49.7 Å². The van der Waals surface area contributed by atoms with Crippen molar-refractivity contribution in [2.24, 2.45) is 0 Å². The number of methoxy groups -OCH3 is 1. The van der Waals surface area contributed by atoms with Crippen LogP contribution in [0.5, 0.6) is 11.5 Å². The Bertz CT molecular complexity index is 789. The molecule has 0 fully saturated rings. The Kier molecular flexibility index (Phi) is 5.80. The van der Waals surface area contributed by atoms with E-state index in [1.165, 1.54) is 13.2 Å². The Hall–Kier alpha value is -2.12. The van der Waals surface area contributed by atoms with E-state index in [2.05, 4.69) is 4.72 Å². The van der Waals surface area contributed by atoms with E-state index in [0.717, 1.165) is 17.7 Å². The minimum atomic E-state index is -3.90. The summed E-state index contributed by atoms with van der Waals surface area (Å²) < 4.78 is 51.1. The third-order valence-electron chi connectivity index (χ3n) is 3.18. The van der Waals surface area contributed by atoms with E-state index >= 15 is 0 Å². The number of sulfonamides is 1. The first kappa shape index (κ1) is 18.2. The molecule has 0 amide bonds. The molecule has 0 heterocycles. The highest BCUT2D eigenvalue weighted by Gasteiger charge is 2.20. The summed E-state index contributed by atoms with van der Waals surface area (Å²) >= 11 is 0. The molecule has 0 unspecified atom stereocenters. The molecular formula is C17H20FNO4S. The number of hydrogen-bond acceptors (Lipinski definition) is 4. The molecule has 2 aromatic rings. The van der Waals surface area contributed by atoms with Crippen LogP contribution in [0.3, 0.4) is 0 Å². The van der Waals surface area contributed by atoms with Crippen molar-refractivity contribution in [3.63, 3.8) is 0 Å². The summed E-state index contributed by atoms with van der Waals surface area (Å²) in [6.45, 7) is 3.92. The van der Waals surface area contributed by atoms with E-state index in [4.69, 9.17) is 9.47 Å². The summed E-state index contributed by atoms with van der Waals surface area (Å²) in [5.74, 6) is 0.152.